The van der Waals surface area contributed by atoms with E-state index >= 15 is 0 Å². The summed E-state index contributed by atoms with van der Waals surface area (Å²) < 4.78 is 18.0. The zero-order valence-corrected chi connectivity index (χ0v) is 17.5. The molecule has 0 atom stereocenters. The van der Waals surface area contributed by atoms with Crippen LogP contribution in [0, 0.1) is 0 Å². The third-order valence-electron chi connectivity index (χ3n) is 4.43. The highest BCUT2D eigenvalue weighted by atomic mass is 16.5. The van der Waals surface area contributed by atoms with E-state index in [1.54, 1.807) is 42.5 Å². The molecule has 0 aliphatic rings. The topological polar surface area (TPSA) is 101 Å². The first kappa shape index (κ1) is 21.7. The lowest BCUT2D eigenvalue weighted by Gasteiger charge is -2.12. The molecule has 0 fully saturated rings. The van der Waals surface area contributed by atoms with Crippen LogP contribution in [0.4, 0.5) is 5.69 Å². The molecule has 0 aliphatic carbocycles. The van der Waals surface area contributed by atoms with Crippen LogP contribution in [-0.2, 0) is 11.3 Å². The summed E-state index contributed by atoms with van der Waals surface area (Å²) in [4.78, 5) is 37.5. The summed E-state index contributed by atoms with van der Waals surface area (Å²) in [6.07, 6.45) is 2.84. The van der Waals surface area contributed by atoms with E-state index < -0.39 is 17.0 Å². The van der Waals surface area contributed by atoms with Crippen LogP contribution in [0.25, 0.3) is 5.69 Å². The highest BCUT2D eigenvalue weighted by Gasteiger charge is 2.11. The minimum atomic E-state index is -0.810. The molecule has 0 unspecified atom stereocenters. The Morgan fingerprint density at radius 1 is 0.903 bits per heavy atom. The van der Waals surface area contributed by atoms with Gasteiger partial charge in [0, 0.05) is 42.0 Å². The second kappa shape index (κ2) is 9.66. The minimum Gasteiger partial charge on any atom is -0.497 e. The Kier molecular flexibility index (Phi) is 6.76. The van der Waals surface area contributed by atoms with Crippen LogP contribution in [0.5, 0.6) is 17.2 Å². The van der Waals surface area contributed by atoms with Gasteiger partial charge in [-0.1, -0.05) is 0 Å². The highest BCUT2D eigenvalue weighted by Crippen LogP contribution is 2.25. The second-order valence-corrected chi connectivity index (χ2v) is 6.48. The van der Waals surface area contributed by atoms with Crippen LogP contribution < -0.4 is 30.6 Å². The molecule has 3 aromatic rings. The fourth-order valence-electron chi connectivity index (χ4n) is 2.94. The van der Waals surface area contributed by atoms with Gasteiger partial charge in [0.15, 0.2) is 0 Å². The third-order valence-corrected chi connectivity index (χ3v) is 4.43. The lowest BCUT2D eigenvalue weighted by molar-refractivity contribution is -0.116. The van der Waals surface area contributed by atoms with Gasteiger partial charge in [0.25, 0.3) is 0 Å². The molecular formula is C22H23N3O6. The molecule has 0 spiro atoms. The lowest BCUT2D eigenvalue weighted by atomic mass is 10.2. The van der Waals surface area contributed by atoms with Crippen LogP contribution >= 0.6 is 0 Å². The highest BCUT2D eigenvalue weighted by molar-refractivity contribution is 5.91. The number of hydrogen-bond acceptors (Lipinski definition) is 6. The molecule has 162 valence electrons. The Bertz CT molecular complexity index is 1160. The molecule has 2 aromatic carbocycles. The fraction of sp³-hybridized carbons (Fsp3) is 0.227. The van der Waals surface area contributed by atoms with Gasteiger partial charge in [-0.25, -0.2) is 0 Å². The van der Waals surface area contributed by atoms with Gasteiger partial charge in [-0.15, -0.1) is 0 Å². The van der Waals surface area contributed by atoms with Crippen molar-refractivity contribution < 1.29 is 19.0 Å². The molecule has 0 aliphatic heterocycles. The second-order valence-electron chi connectivity index (χ2n) is 6.48. The van der Waals surface area contributed by atoms with E-state index in [0.29, 0.717) is 35.2 Å². The molecule has 0 saturated carbocycles. The normalized spacial score (nSPS) is 10.4. The van der Waals surface area contributed by atoms with Gasteiger partial charge in [-0.3, -0.25) is 23.5 Å². The number of rotatable bonds is 8. The zero-order chi connectivity index (χ0) is 22.4. The monoisotopic (exact) mass is 425 g/mol. The first-order valence-electron chi connectivity index (χ1n) is 9.53. The van der Waals surface area contributed by atoms with Crippen molar-refractivity contribution >= 4 is 11.6 Å². The number of benzene rings is 2. The Hall–Kier alpha value is -4.01. The van der Waals surface area contributed by atoms with Crippen molar-refractivity contribution in [3.05, 3.63) is 75.6 Å². The van der Waals surface area contributed by atoms with Crippen molar-refractivity contribution in [2.24, 2.45) is 0 Å². The lowest BCUT2D eigenvalue weighted by Crippen LogP contribution is -2.41. The quantitative estimate of drug-likeness (QED) is 0.555. The van der Waals surface area contributed by atoms with E-state index in [2.05, 4.69) is 5.32 Å². The SMILES string of the molecule is CCOc1ccc(-n2ccn(CC(=O)Nc3cc(OC)cc(OC)c3)c(=O)c2=O)cc1. The zero-order valence-electron chi connectivity index (χ0n) is 17.5. The summed E-state index contributed by atoms with van der Waals surface area (Å²) in [5, 5.41) is 2.67. The Morgan fingerprint density at radius 3 is 2.13 bits per heavy atom. The van der Waals surface area contributed by atoms with E-state index in [-0.39, 0.29) is 6.54 Å². The van der Waals surface area contributed by atoms with Gasteiger partial charge in [-0.2, -0.15) is 0 Å². The third kappa shape index (κ3) is 5.13. The largest absolute Gasteiger partial charge is 0.497 e. The molecule has 9 nitrogen and oxygen atoms in total. The van der Waals surface area contributed by atoms with Crippen molar-refractivity contribution in [3.63, 3.8) is 0 Å². The van der Waals surface area contributed by atoms with Crippen LogP contribution in [0.3, 0.4) is 0 Å². The number of hydrogen-bond donors (Lipinski definition) is 1. The predicted molar refractivity (Wildman–Crippen MR) is 116 cm³/mol. The van der Waals surface area contributed by atoms with Crippen molar-refractivity contribution in [1.29, 1.82) is 0 Å². The van der Waals surface area contributed by atoms with Crippen LogP contribution in [0.15, 0.2) is 64.4 Å². The van der Waals surface area contributed by atoms with E-state index in [0.717, 1.165) is 4.57 Å². The number of ether oxygens (including phenoxy) is 3. The molecule has 9 heteroatoms. The summed E-state index contributed by atoms with van der Waals surface area (Å²) >= 11 is 0. The Labute approximate surface area is 178 Å². The number of nitrogens with zero attached hydrogens (tertiary/aromatic N) is 2. The fourth-order valence-corrected chi connectivity index (χ4v) is 2.94. The first-order valence-corrected chi connectivity index (χ1v) is 9.53. The maximum atomic E-state index is 12.5. The van der Waals surface area contributed by atoms with Gasteiger partial charge >= 0.3 is 11.1 Å². The van der Waals surface area contributed by atoms with Gasteiger partial charge in [-0.05, 0) is 31.2 Å². The number of aromatic nitrogens is 2. The average molecular weight is 425 g/mol. The molecule has 1 N–H and O–H groups in total. The Balaban J connectivity index is 1.78. The number of nitrogens with one attached hydrogen (secondary N) is 1. The summed E-state index contributed by atoms with van der Waals surface area (Å²) in [6, 6.07) is 11.7. The average Bonchev–Trinajstić information content (AvgIpc) is 2.77. The number of methoxy groups -OCH3 is 2. The Morgan fingerprint density at radius 2 is 1.55 bits per heavy atom. The minimum absolute atomic E-state index is 0.322. The van der Waals surface area contributed by atoms with E-state index in [1.807, 2.05) is 6.92 Å². The van der Waals surface area contributed by atoms with Gasteiger partial charge < -0.3 is 19.5 Å². The van der Waals surface area contributed by atoms with Gasteiger partial charge in [0.05, 0.1) is 20.8 Å². The van der Waals surface area contributed by atoms with Crippen LogP contribution in [0.1, 0.15) is 6.92 Å². The molecule has 0 saturated heterocycles. The van der Waals surface area contributed by atoms with Crippen LogP contribution in [0.2, 0.25) is 0 Å². The van der Waals surface area contributed by atoms with Gasteiger partial charge in [0.1, 0.15) is 23.8 Å². The number of anilines is 1. The van der Waals surface area contributed by atoms with Crippen molar-refractivity contribution in [2.45, 2.75) is 13.5 Å². The standard InChI is InChI=1S/C22H23N3O6/c1-4-31-17-7-5-16(6-8-17)25-10-9-24(21(27)22(25)28)14-20(26)23-15-11-18(29-2)13-19(12-15)30-3/h5-13H,4,14H2,1-3H3,(H,23,26). The van der Waals surface area contributed by atoms with Crippen molar-refractivity contribution in [1.82, 2.24) is 9.13 Å². The molecule has 1 amide bonds. The van der Waals surface area contributed by atoms with E-state index in [1.165, 1.54) is 31.2 Å². The summed E-state index contributed by atoms with van der Waals surface area (Å²) in [7, 11) is 3.00. The van der Waals surface area contributed by atoms with Crippen molar-refractivity contribution in [3.8, 4) is 22.9 Å². The van der Waals surface area contributed by atoms with Gasteiger partial charge in [0.2, 0.25) is 5.91 Å². The maximum Gasteiger partial charge on any atom is 0.320 e. The molecule has 0 bridgehead atoms. The summed E-state index contributed by atoms with van der Waals surface area (Å²) in [6.45, 7) is 2.08. The van der Waals surface area contributed by atoms with E-state index in [9.17, 15) is 14.4 Å². The molecular weight excluding hydrogens is 402 g/mol. The summed E-state index contributed by atoms with van der Waals surface area (Å²) in [5.41, 5.74) is -0.611. The number of amides is 1. The van der Waals surface area contributed by atoms with Crippen LogP contribution in [-0.4, -0.2) is 35.9 Å². The molecule has 3 rings (SSSR count). The molecule has 1 heterocycles. The number of carbonyl (C=O) groups is 1. The predicted octanol–water partition coefficient (Wildman–Crippen LogP) is 2.05. The summed E-state index contributed by atoms with van der Waals surface area (Å²) in [5.74, 6) is 1.20. The smallest absolute Gasteiger partial charge is 0.320 e. The number of carbonyl (C=O) groups excluding carboxylic acids is 1. The molecule has 0 radical (unpaired) electrons. The molecule has 31 heavy (non-hydrogen) atoms. The molecule has 1 aromatic heterocycles. The maximum absolute atomic E-state index is 12.5. The first-order chi connectivity index (χ1) is 14.9. The van der Waals surface area contributed by atoms with E-state index in [4.69, 9.17) is 14.2 Å². The van der Waals surface area contributed by atoms with Crippen molar-refractivity contribution in [2.75, 3.05) is 26.1 Å².